The Bertz CT molecular complexity index is 877. The van der Waals surface area contributed by atoms with E-state index in [9.17, 15) is 8.42 Å². The summed E-state index contributed by atoms with van der Waals surface area (Å²) in [7, 11) is -3.56. The van der Waals surface area contributed by atoms with Gasteiger partial charge in [0, 0.05) is 6.04 Å². The van der Waals surface area contributed by atoms with Gasteiger partial charge in [0.25, 0.3) is 0 Å². The Morgan fingerprint density at radius 3 is 2.16 bits per heavy atom. The Kier molecular flexibility index (Phi) is 5.03. The van der Waals surface area contributed by atoms with Crippen molar-refractivity contribution in [3.63, 3.8) is 0 Å². The smallest absolute Gasteiger partial charge is 0.207 e. The second-order valence-electron chi connectivity index (χ2n) is 7.31. The van der Waals surface area contributed by atoms with Crippen LogP contribution in [0.4, 0.5) is 0 Å². The molecule has 3 rings (SSSR count). The van der Waals surface area contributed by atoms with Gasteiger partial charge in [0.05, 0.1) is 4.90 Å². The van der Waals surface area contributed by atoms with Crippen LogP contribution in [0, 0.1) is 20.8 Å². The molecule has 1 atom stereocenters. The molecule has 1 aliphatic rings. The minimum Gasteiger partial charge on any atom is -0.207 e. The predicted octanol–water partition coefficient (Wildman–Crippen LogP) is 4.53. The fourth-order valence-corrected chi connectivity index (χ4v) is 5.66. The lowest BCUT2D eigenvalue weighted by molar-refractivity contribution is 0.565. The zero-order chi connectivity index (χ0) is 18.2. The van der Waals surface area contributed by atoms with E-state index < -0.39 is 10.0 Å². The van der Waals surface area contributed by atoms with Gasteiger partial charge in [-0.3, -0.25) is 0 Å². The molecule has 0 saturated carbocycles. The van der Waals surface area contributed by atoms with Crippen LogP contribution in [-0.4, -0.2) is 8.42 Å². The first kappa shape index (κ1) is 18.2. The largest absolute Gasteiger partial charge is 0.241 e. The lowest BCUT2D eigenvalue weighted by Crippen LogP contribution is -2.28. The molecule has 1 N–H and O–H groups in total. The van der Waals surface area contributed by atoms with E-state index in [2.05, 4.69) is 22.9 Å². The SMILES string of the molecule is Cc1cc(C)c(S(=O)(=O)N[C@@H](C)c2ccc3c(c2)CCCC3)c(C)c1. The predicted molar refractivity (Wildman–Crippen MR) is 102 cm³/mol. The maximum atomic E-state index is 12.9. The molecule has 3 nitrogen and oxygen atoms in total. The Morgan fingerprint density at radius 1 is 0.920 bits per heavy atom. The van der Waals surface area contributed by atoms with Crippen LogP contribution in [-0.2, 0) is 22.9 Å². The summed E-state index contributed by atoms with van der Waals surface area (Å²) < 4.78 is 28.8. The van der Waals surface area contributed by atoms with Gasteiger partial charge in [0.15, 0.2) is 0 Å². The Morgan fingerprint density at radius 2 is 1.52 bits per heavy atom. The monoisotopic (exact) mass is 357 g/mol. The summed E-state index contributed by atoms with van der Waals surface area (Å²) in [6.07, 6.45) is 4.70. The lowest BCUT2D eigenvalue weighted by Gasteiger charge is -2.21. The summed E-state index contributed by atoms with van der Waals surface area (Å²) in [6.45, 7) is 7.62. The van der Waals surface area contributed by atoms with Crippen LogP contribution >= 0.6 is 0 Å². The first-order valence-electron chi connectivity index (χ1n) is 9.00. The molecule has 2 aromatic rings. The fourth-order valence-electron chi connectivity index (χ4n) is 3.97. The molecule has 0 spiro atoms. The maximum Gasteiger partial charge on any atom is 0.241 e. The average Bonchev–Trinajstić information content (AvgIpc) is 2.52. The van der Waals surface area contributed by atoms with Gasteiger partial charge in [0.2, 0.25) is 10.0 Å². The van der Waals surface area contributed by atoms with Gasteiger partial charge < -0.3 is 0 Å². The summed E-state index contributed by atoms with van der Waals surface area (Å²) in [5.74, 6) is 0. The number of nitrogens with one attached hydrogen (secondary N) is 1. The molecule has 0 unspecified atom stereocenters. The van der Waals surface area contributed by atoms with Gasteiger partial charge in [-0.1, -0.05) is 35.9 Å². The first-order valence-corrected chi connectivity index (χ1v) is 10.5. The van der Waals surface area contributed by atoms with Crippen molar-refractivity contribution >= 4 is 10.0 Å². The third kappa shape index (κ3) is 3.80. The highest BCUT2D eigenvalue weighted by molar-refractivity contribution is 7.89. The van der Waals surface area contributed by atoms with Crippen LogP contribution < -0.4 is 4.72 Å². The van der Waals surface area contributed by atoms with E-state index in [-0.39, 0.29) is 6.04 Å². The minimum absolute atomic E-state index is 0.252. The van der Waals surface area contributed by atoms with E-state index in [1.54, 1.807) is 0 Å². The standard InChI is InChI=1S/C21H27NO2S/c1-14-11-15(2)21(16(3)12-14)25(23,24)22-17(4)19-10-9-18-7-5-6-8-20(18)13-19/h9-13,17,22H,5-8H2,1-4H3/t17-/m0/s1. The molecule has 2 aromatic carbocycles. The van der Waals surface area contributed by atoms with Crippen molar-refractivity contribution in [2.45, 2.75) is 64.3 Å². The van der Waals surface area contributed by atoms with Crippen molar-refractivity contribution in [1.82, 2.24) is 4.72 Å². The highest BCUT2D eigenvalue weighted by Gasteiger charge is 2.23. The highest BCUT2D eigenvalue weighted by Crippen LogP contribution is 2.27. The van der Waals surface area contributed by atoms with Crippen molar-refractivity contribution in [3.8, 4) is 0 Å². The zero-order valence-electron chi connectivity index (χ0n) is 15.5. The van der Waals surface area contributed by atoms with E-state index in [4.69, 9.17) is 0 Å². The fraction of sp³-hybridized carbons (Fsp3) is 0.429. The second kappa shape index (κ2) is 6.93. The van der Waals surface area contributed by atoms with E-state index in [1.165, 1.54) is 24.0 Å². The van der Waals surface area contributed by atoms with Crippen molar-refractivity contribution in [2.24, 2.45) is 0 Å². The average molecular weight is 358 g/mol. The van der Waals surface area contributed by atoms with Crippen LogP contribution in [0.2, 0.25) is 0 Å². The Balaban J connectivity index is 1.88. The number of benzene rings is 2. The molecule has 4 heteroatoms. The van der Waals surface area contributed by atoms with Gasteiger partial charge in [-0.15, -0.1) is 0 Å². The first-order chi connectivity index (χ1) is 11.8. The third-order valence-electron chi connectivity index (χ3n) is 5.08. The zero-order valence-corrected chi connectivity index (χ0v) is 16.3. The summed E-state index contributed by atoms with van der Waals surface area (Å²) in [4.78, 5) is 0.405. The molecule has 0 aromatic heterocycles. The maximum absolute atomic E-state index is 12.9. The summed E-state index contributed by atoms with van der Waals surface area (Å²) >= 11 is 0. The van der Waals surface area contributed by atoms with Crippen molar-refractivity contribution in [3.05, 3.63) is 63.7 Å². The molecule has 0 bridgehead atoms. The third-order valence-corrected chi connectivity index (χ3v) is 6.92. The van der Waals surface area contributed by atoms with Gasteiger partial charge in [-0.2, -0.15) is 0 Å². The Labute approximate surface area is 151 Å². The number of aryl methyl sites for hydroxylation is 5. The summed E-state index contributed by atoms with van der Waals surface area (Å²) in [5, 5.41) is 0. The molecule has 25 heavy (non-hydrogen) atoms. The number of fused-ring (bicyclic) bond motifs is 1. The van der Waals surface area contributed by atoms with Crippen molar-refractivity contribution in [2.75, 3.05) is 0 Å². The summed E-state index contributed by atoms with van der Waals surface area (Å²) in [6, 6.07) is 9.99. The van der Waals surface area contributed by atoms with E-state index >= 15 is 0 Å². The number of rotatable bonds is 4. The van der Waals surface area contributed by atoms with Crippen molar-refractivity contribution in [1.29, 1.82) is 0 Å². The second-order valence-corrected chi connectivity index (χ2v) is 8.96. The molecule has 0 amide bonds. The molecule has 134 valence electrons. The number of hydrogen-bond donors (Lipinski definition) is 1. The van der Waals surface area contributed by atoms with Crippen LogP contribution in [0.25, 0.3) is 0 Å². The van der Waals surface area contributed by atoms with Gasteiger partial charge in [0.1, 0.15) is 0 Å². The molecular formula is C21H27NO2S. The van der Waals surface area contributed by atoms with Crippen molar-refractivity contribution < 1.29 is 8.42 Å². The topological polar surface area (TPSA) is 46.2 Å². The molecule has 0 radical (unpaired) electrons. The van der Waals surface area contributed by atoms with E-state index in [0.29, 0.717) is 4.90 Å². The number of sulfonamides is 1. The van der Waals surface area contributed by atoms with Crippen LogP contribution in [0.3, 0.4) is 0 Å². The van der Waals surface area contributed by atoms with Crippen LogP contribution in [0.5, 0.6) is 0 Å². The van der Waals surface area contributed by atoms with Gasteiger partial charge >= 0.3 is 0 Å². The molecule has 1 aliphatic carbocycles. The highest BCUT2D eigenvalue weighted by atomic mass is 32.2. The molecule has 0 saturated heterocycles. The van der Waals surface area contributed by atoms with Crippen LogP contribution in [0.15, 0.2) is 35.2 Å². The molecule has 0 fully saturated rings. The summed E-state index contributed by atoms with van der Waals surface area (Å²) in [5.41, 5.74) is 6.49. The number of hydrogen-bond acceptors (Lipinski definition) is 2. The molecule has 0 heterocycles. The van der Waals surface area contributed by atoms with Gasteiger partial charge in [-0.05, 0) is 81.2 Å². The molecule has 0 aliphatic heterocycles. The normalized spacial score (nSPS) is 15.7. The van der Waals surface area contributed by atoms with E-state index in [1.807, 2.05) is 39.8 Å². The lowest BCUT2D eigenvalue weighted by atomic mass is 9.89. The molecular weight excluding hydrogens is 330 g/mol. The van der Waals surface area contributed by atoms with Crippen LogP contribution in [0.1, 0.15) is 59.2 Å². The van der Waals surface area contributed by atoms with Gasteiger partial charge in [-0.25, -0.2) is 13.1 Å². The quantitative estimate of drug-likeness (QED) is 0.874. The Hall–Kier alpha value is -1.65. The minimum atomic E-state index is -3.56. The van der Waals surface area contributed by atoms with E-state index in [0.717, 1.165) is 35.1 Å².